The Bertz CT molecular complexity index is 728. The van der Waals surface area contributed by atoms with Gasteiger partial charge in [0.25, 0.3) is 5.91 Å². The van der Waals surface area contributed by atoms with Gasteiger partial charge in [0.05, 0.1) is 19.2 Å². The lowest BCUT2D eigenvalue weighted by molar-refractivity contribution is 0.0774. The number of hydrogen-bond acceptors (Lipinski definition) is 3. The Kier molecular flexibility index (Phi) is 5.44. The highest BCUT2D eigenvalue weighted by molar-refractivity contribution is 6.41. The monoisotopic (exact) mass is 356 g/mol. The van der Waals surface area contributed by atoms with E-state index in [1.165, 1.54) is 0 Å². The van der Waals surface area contributed by atoms with E-state index in [9.17, 15) is 4.79 Å². The van der Waals surface area contributed by atoms with Crippen molar-refractivity contribution in [1.82, 2.24) is 9.47 Å². The third-order valence-corrected chi connectivity index (χ3v) is 4.42. The zero-order valence-corrected chi connectivity index (χ0v) is 14.9. The molecule has 0 fully saturated rings. The highest BCUT2D eigenvalue weighted by atomic mass is 35.5. The fraction of sp³-hybridized carbons (Fsp3) is 0.312. The Morgan fingerprint density at radius 2 is 1.96 bits per heavy atom. The predicted molar refractivity (Wildman–Crippen MR) is 90.8 cm³/mol. The summed E-state index contributed by atoms with van der Waals surface area (Å²) in [6, 6.07) is 7.10. The Morgan fingerprint density at radius 3 is 2.48 bits per heavy atom. The van der Waals surface area contributed by atoms with Gasteiger partial charge in [0, 0.05) is 26.2 Å². The summed E-state index contributed by atoms with van der Waals surface area (Å²) in [4.78, 5) is 14.2. The largest absolute Gasteiger partial charge is 0.493 e. The van der Waals surface area contributed by atoms with Crippen LogP contribution in [-0.4, -0.2) is 36.6 Å². The number of para-hydroxylation sites is 1. The molecule has 1 aromatic heterocycles. The normalized spacial score (nSPS) is 10.5. The van der Waals surface area contributed by atoms with E-state index < -0.39 is 0 Å². The minimum Gasteiger partial charge on any atom is -0.493 e. The highest BCUT2D eigenvalue weighted by Gasteiger charge is 2.21. The van der Waals surface area contributed by atoms with E-state index in [0.29, 0.717) is 33.9 Å². The smallest absolute Gasteiger partial charge is 0.270 e. The number of ether oxygens (including phenoxy) is 2. The van der Waals surface area contributed by atoms with Crippen LogP contribution in [-0.2, 0) is 13.6 Å². The Morgan fingerprint density at radius 1 is 1.26 bits per heavy atom. The Labute approximate surface area is 145 Å². The van der Waals surface area contributed by atoms with Gasteiger partial charge in [-0.25, -0.2) is 0 Å². The summed E-state index contributed by atoms with van der Waals surface area (Å²) in [6.07, 6.45) is 0. The summed E-state index contributed by atoms with van der Waals surface area (Å²) in [5.74, 6) is 1.04. The molecule has 23 heavy (non-hydrogen) atoms. The Balaban J connectivity index is 2.27. The zero-order valence-electron chi connectivity index (χ0n) is 13.4. The second-order valence-electron chi connectivity index (χ2n) is 5.04. The fourth-order valence-electron chi connectivity index (χ4n) is 2.35. The molecular formula is C16H18Cl2N2O3. The number of halogens is 2. The predicted octanol–water partition coefficient (Wildman–Crippen LogP) is 3.62. The second-order valence-corrected chi connectivity index (χ2v) is 5.81. The van der Waals surface area contributed by atoms with E-state index in [1.54, 1.807) is 49.9 Å². The van der Waals surface area contributed by atoms with Crippen LogP contribution < -0.4 is 9.47 Å². The molecule has 2 rings (SSSR count). The van der Waals surface area contributed by atoms with Crippen LogP contribution in [0.1, 0.15) is 16.1 Å². The third kappa shape index (κ3) is 3.41. The summed E-state index contributed by atoms with van der Waals surface area (Å²) in [7, 11) is 6.54. The number of rotatable bonds is 5. The molecule has 2 aromatic rings. The maximum atomic E-state index is 12.6. The SMILES string of the molecule is COc1cccc(CN(C)C(=O)c2cc(Cl)c(Cl)n2C)c1OC. The maximum Gasteiger partial charge on any atom is 0.270 e. The van der Waals surface area contributed by atoms with Gasteiger partial charge >= 0.3 is 0 Å². The average Bonchev–Trinajstić information content (AvgIpc) is 2.81. The van der Waals surface area contributed by atoms with Gasteiger partial charge < -0.3 is 18.9 Å². The van der Waals surface area contributed by atoms with Gasteiger partial charge in [0.2, 0.25) is 0 Å². The lowest BCUT2D eigenvalue weighted by Gasteiger charge is -2.20. The van der Waals surface area contributed by atoms with E-state index in [4.69, 9.17) is 32.7 Å². The van der Waals surface area contributed by atoms with Crippen LogP contribution in [0.25, 0.3) is 0 Å². The minimum atomic E-state index is -0.189. The number of nitrogens with zero attached hydrogens (tertiary/aromatic N) is 2. The van der Waals surface area contributed by atoms with Gasteiger partial charge in [0.1, 0.15) is 10.8 Å². The lowest BCUT2D eigenvalue weighted by Crippen LogP contribution is -2.28. The molecule has 1 heterocycles. The summed E-state index contributed by atoms with van der Waals surface area (Å²) >= 11 is 12.0. The molecule has 1 amide bonds. The van der Waals surface area contributed by atoms with Gasteiger partial charge in [-0.2, -0.15) is 0 Å². The second kappa shape index (κ2) is 7.15. The van der Waals surface area contributed by atoms with E-state index in [2.05, 4.69) is 0 Å². The van der Waals surface area contributed by atoms with Crippen molar-refractivity contribution in [3.63, 3.8) is 0 Å². The number of aromatic nitrogens is 1. The molecule has 0 atom stereocenters. The molecule has 0 aliphatic rings. The molecule has 7 heteroatoms. The number of hydrogen-bond donors (Lipinski definition) is 0. The van der Waals surface area contributed by atoms with Crippen molar-refractivity contribution in [2.45, 2.75) is 6.54 Å². The molecule has 0 spiro atoms. The van der Waals surface area contributed by atoms with Crippen LogP contribution in [0.5, 0.6) is 11.5 Å². The van der Waals surface area contributed by atoms with Gasteiger partial charge in [-0.1, -0.05) is 35.3 Å². The molecule has 0 aliphatic heterocycles. The van der Waals surface area contributed by atoms with Crippen molar-refractivity contribution in [2.75, 3.05) is 21.3 Å². The zero-order chi connectivity index (χ0) is 17.1. The van der Waals surface area contributed by atoms with Gasteiger partial charge in [-0.3, -0.25) is 4.79 Å². The quantitative estimate of drug-likeness (QED) is 0.821. The van der Waals surface area contributed by atoms with Crippen LogP contribution in [0.15, 0.2) is 24.3 Å². The molecule has 0 aliphatic carbocycles. The van der Waals surface area contributed by atoms with Crippen molar-refractivity contribution in [2.24, 2.45) is 7.05 Å². The summed E-state index contributed by atoms with van der Waals surface area (Å²) in [5.41, 5.74) is 1.26. The fourth-order valence-corrected chi connectivity index (χ4v) is 2.72. The van der Waals surface area contributed by atoms with Crippen molar-refractivity contribution >= 4 is 29.1 Å². The van der Waals surface area contributed by atoms with Crippen LogP contribution >= 0.6 is 23.2 Å². The van der Waals surface area contributed by atoms with Crippen LogP contribution in [0.3, 0.4) is 0 Å². The summed E-state index contributed by atoms with van der Waals surface area (Å²) in [6.45, 7) is 0.361. The van der Waals surface area contributed by atoms with E-state index in [1.807, 2.05) is 12.1 Å². The first-order valence-electron chi connectivity index (χ1n) is 6.86. The molecule has 0 radical (unpaired) electrons. The molecule has 0 saturated heterocycles. The van der Waals surface area contributed by atoms with Gasteiger partial charge in [0.15, 0.2) is 11.5 Å². The first kappa shape index (κ1) is 17.5. The number of benzene rings is 1. The number of methoxy groups -OCH3 is 2. The summed E-state index contributed by atoms with van der Waals surface area (Å²) < 4.78 is 12.2. The molecule has 0 unspecified atom stereocenters. The molecule has 0 bridgehead atoms. The van der Waals surface area contributed by atoms with E-state index >= 15 is 0 Å². The maximum absolute atomic E-state index is 12.6. The first-order valence-corrected chi connectivity index (χ1v) is 7.62. The topological polar surface area (TPSA) is 43.7 Å². The Hall–Kier alpha value is -1.85. The van der Waals surface area contributed by atoms with Gasteiger partial charge in [-0.15, -0.1) is 0 Å². The molecule has 0 saturated carbocycles. The van der Waals surface area contributed by atoms with Crippen molar-refractivity contribution < 1.29 is 14.3 Å². The number of carbonyl (C=O) groups is 1. The number of amides is 1. The standard InChI is InChI=1S/C16H18Cl2N2O3/c1-19(16(21)12-8-11(17)15(18)20(12)2)9-10-6-5-7-13(22-3)14(10)23-4/h5-8H,9H2,1-4H3. The van der Waals surface area contributed by atoms with Crippen molar-refractivity contribution in [1.29, 1.82) is 0 Å². The van der Waals surface area contributed by atoms with Crippen molar-refractivity contribution in [3.05, 3.63) is 45.7 Å². The van der Waals surface area contributed by atoms with Crippen LogP contribution in [0, 0.1) is 0 Å². The molecule has 5 nitrogen and oxygen atoms in total. The molecule has 0 N–H and O–H groups in total. The summed E-state index contributed by atoms with van der Waals surface area (Å²) in [5, 5.41) is 0.687. The first-order chi connectivity index (χ1) is 10.9. The van der Waals surface area contributed by atoms with Gasteiger partial charge in [-0.05, 0) is 12.1 Å². The van der Waals surface area contributed by atoms with E-state index in [-0.39, 0.29) is 5.91 Å². The van der Waals surface area contributed by atoms with Crippen LogP contribution in [0.2, 0.25) is 10.2 Å². The number of carbonyl (C=O) groups excluding carboxylic acids is 1. The lowest BCUT2D eigenvalue weighted by atomic mass is 10.1. The third-order valence-electron chi connectivity index (χ3n) is 3.57. The van der Waals surface area contributed by atoms with E-state index in [0.717, 1.165) is 5.56 Å². The molecular weight excluding hydrogens is 339 g/mol. The minimum absolute atomic E-state index is 0.189. The van der Waals surface area contributed by atoms with Crippen molar-refractivity contribution in [3.8, 4) is 11.5 Å². The average molecular weight is 357 g/mol. The molecule has 1 aromatic carbocycles. The highest BCUT2D eigenvalue weighted by Crippen LogP contribution is 2.32. The van der Waals surface area contributed by atoms with Crippen LogP contribution in [0.4, 0.5) is 0 Å². The molecule has 124 valence electrons.